The van der Waals surface area contributed by atoms with Crippen LogP contribution in [0, 0.1) is 12.7 Å². The number of halogens is 1. The molecule has 0 unspecified atom stereocenters. The van der Waals surface area contributed by atoms with Gasteiger partial charge in [-0.15, -0.1) is 0 Å². The molecule has 1 saturated carbocycles. The molecule has 0 radical (unpaired) electrons. The lowest BCUT2D eigenvalue weighted by Gasteiger charge is -2.16. The number of rotatable bonds is 5. The zero-order chi connectivity index (χ0) is 20.9. The predicted octanol–water partition coefficient (Wildman–Crippen LogP) is 5.68. The third kappa shape index (κ3) is 5.17. The van der Waals surface area contributed by atoms with E-state index in [0.717, 1.165) is 39.9 Å². The van der Waals surface area contributed by atoms with Gasteiger partial charge in [0.05, 0.1) is 11.3 Å². The molecule has 6 heteroatoms. The molecule has 1 heterocycles. The van der Waals surface area contributed by atoms with Crippen LogP contribution < -0.4 is 5.32 Å². The van der Waals surface area contributed by atoms with Gasteiger partial charge in [0.25, 0.3) is 0 Å². The zero-order valence-electron chi connectivity index (χ0n) is 17.2. The number of hydrogen-bond donors (Lipinski definition) is 1. The van der Waals surface area contributed by atoms with Gasteiger partial charge < -0.3 is 5.32 Å². The van der Waals surface area contributed by atoms with Crippen LogP contribution in [0.1, 0.15) is 44.1 Å². The first-order chi connectivity index (χ1) is 14.6. The molecule has 4 nitrogen and oxygen atoms in total. The maximum Gasteiger partial charge on any atom is 0.230 e. The maximum atomic E-state index is 13.3. The van der Waals surface area contributed by atoms with Crippen LogP contribution in [0.2, 0.25) is 0 Å². The first kappa shape index (κ1) is 20.8. The van der Waals surface area contributed by atoms with Gasteiger partial charge in [-0.1, -0.05) is 43.5 Å². The normalized spacial score (nSPS) is 15.1. The van der Waals surface area contributed by atoms with Crippen LogP contribution >= 0.6 is 11.8 Å². The average molecular weight is 424 g/mol. The fourth-order valence-electron chi connectivity index (χ4n) is 3.88. The van der Waals surface area contributed by atoms with Crippen molar-refractivity contribution in [3.63, 3.8) is 0 Å². The summed E-state index contributed by atoms with van der Waals surface area (Å²) >= 11 is 1.43. The molecule has 0 saturated heterocycles. The van der Waals surface area contributed by atoms with E-state index in [-0.39, 0.29) is 11.7 Å². The highest BCUT2D eigenvalue weighted by molar-refractivity contribution is 8.00. The number of amides is 1. The van der Waals surface area contributed by atoms with E-state index in [2.05, 4.69) is 10.3 Å². The Morgan fingerprint density at radius 1 is 1.07 bits per heavy atom. The summed E-state index contributed by atoms with van der Waals surface area (Å²) in [4.78, 5) is 22.0. The highest BCUT2D eigenvalue weighted by Gasteiger charge is 2.16. The van der Waals surface area contributed by atoms with Gasteiger partial charge in [-0.2, -0.15) is 0 Å². The largest absolute Gasteiger partial charge is 0.353 e. The Balaban J connectivity index is 1.55. The van der Waals surface area contributed by atoms with Gasteiger partial charge in [-0.05, 0) is 61.7 Å². The minimum absolute atomic E-state index is 0.0501. The van der Waals surface area contributed by atoms with E-state index < -0.39 is 0 Å². The Morgan fingerprint density at radius 3 is 2.53 bits per heavy atom. The number of nitrogens with one attached hydrogen (secondary N) is 1. The van der Waals surface area contributed by atoms with E-state index in [1.165, 1.54) is 49.6 Å². The highest BCUT2D eigenvalue weighted by atomic mass is 32.2. The SMILES string of the molecule is Cc1ccc2c(SCC(=O)NC3CCCCCC3)nc(-c3ccc(F)cc3)nc2c1. The molecule has 1 N–H and O–H groups in total. The van der Waals surface area contributed by atoms with Crippen LogP contribution in [0.3, 0.4) is 0 Å². The fraction of sp³-hybridized carbons (Fsp3) is 0.375. The van der Waals surface area contributed by atoms with E-state index in [0.29, 0.717) is 17.6 Å². The van der Waals surface area contributed by atoms with Crippen LogP contribution in [0.15, 0.2) is 47.5 Å². The quantitative estimate of drug-likeness (QED) is 0.326. The van der Waals surface area contributed by atoms with Crippen LogP contribution in [-0.4, -0.2) is 27.7 Å². The number of benzene rings is 2. The van der Waals surface area contributed by atoms with Crippen LogP contribution in [0.4, 0.5) is 4.39 Å². The van der Waals surface area contributed by atoms with Crippen molar-refractivity contribution in [1.29, 1.82) is 0 Å². The Kier molecular flexibility index (Phi) is 6.62. The van der Waals surface area contributed by atoms with Crippen LogP contribution in [-0.2, 0) is 4.79 Å². The second-order valence-electron chi connectivity index (χ2n) is 7.92. The first-order valence-electron chi connectivity index (χ1n) is 10.5. The molecule has 0 atom stereocenters. The zero-order valence-corrected chi connectivity index (χ0v) is 18.0. The van der Waals surface area contributed by atoms with Crippen molar-refractivity contribution in [2.24, 2.45) is 0 Å². The lowest BCUT2D eigenvalue weighted by molar-refractivity contribution is -0.119. The number of carbonyl (C=O) groups excluding carboxylic acids is 1. The standard InChI is InChI=1S/C24H26FN3OS/c1-16-8-13-20-21(14-16)27-23(17-9-11-18(25)12-10-17)28-24(20)30-15-22(29)26-19-6-4-2-3-5-7-19/h8-14,19H,2-7,15H2,1H3,(H,26,29). The number of hydrogen-bond acceptors (Lipinski definition) is 4. The lowest BCUT2D eigenvalue weighted by atomic mass is 10.1. The average Bonchev–Trinajstić information content (AvgIpc) is 3.00. The van der Waals surface area contributed by atoms with E-state index in [9.17, 15) is 9.18 Å². The molecule has 1 aliphatic rings. The maximum absolute atomic E-state index is 13.3. The first-order valence-corrected chi connectivity index (χ1v) is 11.5. The van der Waals surface area contributed by atoms with Gasteiger partial charge in [0, 0.05) is 17.0 Å². The van der Waals surface area contributed by atoms with Gasteiger partial charge >= 0.3 is 0 Å². The third-order valence-electron chi connectivity index (χ3n) is 5.48. The van der Waals surface area contributed by atoms with Crippen molar-refractivity contribution in [1.82, 2.24) is 15.3 Å². The van der Waals surface area contributed by atoms with E-state index >= 15 is 0 Å². The van der Waals surface area contributed by atoms with Crippen molar-refractivity contribution < 1.29 is 9.18 Å². The second-order valence-corrected chi connectivity index (χ2v) is 8.89. The lowest BCUT2D eigenvalue weighted by Crippen LogP contribution is -2.35. The molecule has 30 heavy (non-hydrogen) atoms. The molecule has 0 spiro atoms. The second kappa shape index (κ2) is 9.56. The summed E-state index contributed by atoms with van der Waals surface area (Å²) in [6, 6.07) is 12.5. The van der Waals surface area contributed by atoms with Crippen molar-refractivity contribution in [2.45, 2.75) is 56.5 Å². The van der Waals surface area contributed by atoms with Crippen molar-refractivity contribution in [3.8, 4) is 11.4 Å². The Hall–Kier alpha value is -2.47. The Bertz CT molecular complexity index is 1030. The molecule has 3 aromatic rings. The van der Waals surface area contributed by atoms with Crippen LogP contribution in [0.5, 0.6) is 0 Å². The third-order valence-corrected chi connectivity index (χ3v) is 6.47. The summed E-state index contributed by atoms with van der Waals surface area (Å²) < 4.78 is 13.3. The molecule has 1 aliphatic carbocycles. The number of nitrogens with zero attached hydrogens (tertiary/aromatic N) is 2. The number of aromatic nitrogens is 2. The predicted molar refractivity (Wildman–Crippen MR) is 120 cm³/mol. The molecule has 1 fully saturated rings. The van der Waals surface area contributed by atoms with Gasteiger partial charge in [0.15, 0.2) is 5.82 Å². The summed E-state index contributed by atoms with van der Waals surface area (Å²) in [6.45, 7) is 2.02. The Morgan fingerprint density at radius 2 is 1.80 bits per heavy atom. The van der Waals surface area contributed by atoms with Crippen LogP contribution in [0.25, 0.3) is 22.3 Å². The molecule has 4 rings (SSSR count). The molecule has 0 aliphatic heterocycles. The summed E-state index contributed by atoms with van der Waals surface area (Å²) in [6.07, 6.45) is 7.05. The van der Waals surface area contributed by atoms with Gasteiger partial charge in [-0.3, -0.25) is 4.79 Å². The number of carbonyl (C=O) groups is 1. The minimum Gasteiger partial charge on any atom is -0.353 e. The van der Waals surface area contributed by atoms with E-state index in [4.69, 9.17) is 4.98 Å². The van der Waals surface area contributed by atoms with Crippen molar-refractivity contribution in [3.05, 3.63) is 53.8 Å². The summed E-state index contributed by atoms with van der Waals surface area (Å²) in [7, 11) is 0. The molecular formula is C24H26FN3OS. The van der Waals surface area contributed by atoms with Gasteiger partial charge in [-0.25, -0.2) is 14.4 Å². The summed E-state index contributed by atoms with van der Waals surface area (Å²) in [5, 5.41) is 4.90. The number of aryl methyl sites for hydroxylation is 1. The molecule has 1 amide bonds. The summed E-state index contributed by atoms with van der Waals surface area (Å²) in [5.74, 6) is 0.619. The van der Waals surface area contributed by atoms with Gasteiger partial charge in [0.1, 0.15) is 10.8 Å². The highest BCUT2D eigenvalue weighted by Crippen LogP contribution is 2.29. The summed E-state index contributed by atoms with van der Waals surface area (Å²) in [5.41, 5.74) is 2.69. The molecule has 156 valence electrons. The molecule has 1 aromatic heterocycles. The molecule has 2 aromatic carbocycles. The van der Waals surface area contributed by atoms with Crippen molar-refractivity contribution >= 4 is 28.6 Å². The van der Waals surface area contributed by atoms with Gasteiger partial charge in [0.2, 0.25) is 5.91 Å². The Labute approximate surface area is 180 Å². The molecule has 0 bridgehead atoms. The van der Waals surface area contributed by atoms with Crippen molar-refractivity contribution in [2.75, 3.05) is 5.75 Å². The fourth-order valence-corrected chi connectivity index (χ4v) is 4.71. The smallest absolute Gasteiger partial charge is 0.230 e. The monoisotopic (exact) mass is 423 g/mol. The van der Waals surface area contributed by atoms with E-state index in [1.807, 2.05) is 25.1 Å². The number of fused-ring (bicyclic) bond motifs is 1. The van der Waals surface area contributed by atoms with E-state index in [1.54, 1.807) is 12.1 Å². The number of thioether (sulfide) groups is 1. The topological polar surface area (TPSA) is 54.9 Å². The molecular weight excluding hydrogens is 397 g/mol. The minimum atomic E-state index is -0.292.